The first-order chi connectivity index (χ1) is 8.75. The number of hydrogen-bond donors (Lipinski definition) is 1. The van der Waals surface area contributed by atoms with Crippen LogP contribution in [-0.2, 0) is 14.3 Å². The molecule has 4 nitrogen and oxygen atoms in total. The second-order valence-electron chi connectivity index (χ2n) is 4.86. The lowest BCUT2D eigenvalue weighted by Crippen LogP contribution is -2.44. The van der Waals surface area contributed by atoms with Crippen molar-refractivity contribution < 1.29 is 27.5 Å². The molecule has 1 N–H and O–H groups in total. The highest BCUT2D eigenvalue weighted by Crippen LogP contribution is 2.39. The smallest absolute Gasteiger partial charge is 0.391 e. The minimum Gasteiger partial charge on any atom is -0.467 e. The Bertz CT molecular complexity index is 344. The maximum Gasteiger partial charge on any atom is 0.391 e. The van der Waals surface area contributed by atoms with Gasteiger partial charge in [0, 0.05) is 5.92 Å². The molecule has 1 fully saturated rings. The highest BCUT2D eigenvalue weighted by molar-refractivity contribution is 5.85. The third kappa shape index (κ3) is 4.40. The molecule has 3 unspecified atom stereocenters. The summed E-state index contributed by atoms with van der Waals surface area (Å²) in [4.78, 5) is 23.0. The van der Waals surface area contributed by atoms with Gasteiger partial charge < -0.3 is 10.1 Å². The minimum atomic E-state index is -4.26. The summed E-state index contributed by atoms with van der Waals surface area (Å²) in [5, 5.41) is 2.39. The second-order valence-corrected chi connectivity index (χ2v) is 4.86. The molecule has 0 saturated heterocycles. The van der Waals surface area contributed by atoms with E-state index in [1.54, 1.807) is 0 Å². The summed E-state index contributed by atoms with van der Waals surface area (Å²) in [6.07, 6.45) is -3.60. The molecule has 0 radical (unpaired) electrons. The first-order valence-electron chi connectivity index (χ1n) is 6.20. The van der Waals surface area contributed by atoms with E-state index in [1.165, 1.54) is 14.0 Å². The number of alkyl halides is 3. The van der Waals surface area contributed by atoms with Crippen molar-refractivity contribution in [2.75, 3.05) is 7.11 Å². The van der Waals surface area contributed by atoms with E-state index >= 15 is 0 Å². The van der Waals surface area contributed by atoms with Crippen LogP contribution in [0.5, 0.6) is 0 Å². The fraction of sp³-hybridized carbons (Fsp3) is 0.833. The van der Waals surface area contributed by atoms with Crippen LogP contribution in [0.25, 0.3) is 0 Å². The van der Waals surface area contributed by atoms with Gasteiger partial charge in [-0.3, -0.25) is 4.79 Å². The lowest BCUT2D eigenvalue weighted by Gasteiger charge is -2.30. The zero-order valence-corrected chi connectivity index (χ0v) is 10.9. The van der Waals surface area contributed by atoms with Gasteiger partial charge in [0.2, 0.25) is 5.91 Å². The molecular formula is C12H18F3NO3. The highest BCUT2D eigenvalue weighted by atomic mass is 19.4. The standard InChI is InChI=1S/C12H18F3NO3/c1-7(11(18)19-2)16-10(17)8-4-3-5-9(6-8)12(13,14)15/h7-9H,3-6H2,1-2H3,(H,16,17). The van der Waals surface area contributed by atoms with Gasteiger partial charge in [-0.05, 0) is 26.2 Å². The summed E-state index contributed by atoms with van der Waals surface area (Å²) in [5.74, 6) is -3.23. The molecule has 0 spiro atoms. The Morgan fingerprint density at radius 2 is 1.95 bits per heavy atom. The van der Waals surface area contributed by atoms with E-state index in [9.17, 15) is 22.8 Å². The van der Waals surface area contributed by atoms with Crippen LogP contribution in [0, 0.1) is 11.8 Å². The summed E-state index contributed by atoms with van der Waals surface area (Å²) in [6.45, 7) is 1.44. The zero-order valence-electron chi connectivity index (χ0n) is 10.9. The van der Waals surface area contributed by atoms with E-state index < -0.39 is 35.9 Å². The van der Waals surface area contributed by atoms with Crippen LogP contribution in [-0.4, -0.2) is 31.2 Å². The average molecular weight is 281 g/mol. The van der Waals surface area contributed by atoms with Gasteiger partial charge in [0.05, 0.1) is 13.0 Å². The van der Waals surface area contributed by atoms with Crippen LogP contribution in [0.2, 0.25) is 0 Å². The Morgan fingerprint density at radius 3 is 2.47 bits per heavy atom. The van der Waals surface area contributed by atoms with E-state index in [4.69, 9.17) is 0 Å². The van der Waals surface area contributed by atoms with E-state index in [0.717, 1.165) is 0 Å². The predicted octanol–water partition coefficient (Wildman–Crippen LogP) is 2.03. The largest absolute Gasteiger partial charge is 0.467 e. The molecule has 1 aliphatic carbocycles. The van der Waals surface area contributed by atoms with Crippen LogP contribution >= 0.6 is 0 Å². The zero-order chi connectivity index (χ0) is 14.6. The number of halogens is 3. The van der Waals surface area contributed by atoms with Gasteiger partial charge in [0.1, 0.15) is 6.04 Å². The highest BCUT2D eigenvalue weighted by Gasteiger charge is 2.43. The van der Waals surface area contributed by atoms with Crippen molar-refractivity contribution in [2.45, 2.75) is 44.8 Å². The van der Waals surface area contributed by atoms with E-state index in [-0.39, 0.29) is 12.8 Å². The Hall–Kier alpha value is -1.27. The van der Waals surface area contributed by atoms with E-state index in [0.29, 0.717) is 12.8 Å². The molecular weight excluding hydrogens is 263 g/mol. The third-order valence-corrected chi connectivity index (χ3v) is 3.42. The summed E-state index contributed by atoms with van der Waals surface area (Å²) >= 11 is 0. The number of carbonyl (C=O) groups is 2. The predicted molar refractivity (Wildman–Crippen MR) is 61.1 cm³/mol. The summed E-state index contributed by atoms with van der Waals surface area (Å²) in [5.41, 5.74) is 0. The molecule has 1 rings (SSSR count). The first-order valence-corrected chi connectivity index (χ1v) is 6.20. The molecule has 110 valence electrons. The molecule has 0 aromatic heterocycles. The molecule has 0 bridgehead atoms. The molecule has 1 aliphatic rings. The van der Waals surface area contributed by atoms with Crippen LogP contribution in [0.15, 0.2) is 0 Å². The van der Waals surface area contributed by atoms with Crippen LogP contribution in [0.4, 0.5) is 13.2 Å². The lowest BCUT2D eigenvalue weighted by molar-refractivity contribution is -0.186. The van der Waals surface area contributed by atoms with Gasteiger partial charge >= 0.3 is 12.1 Å². The molecule has 0 aromatic rings. The molecule has 19 heavy (non-hydrogen) atoms. The molecule has 3 atom stereocenters. The van der Waals surface area contributed by atoms with Crippen molar-refractivity contribution in [3.05, 3.63) is 0 Å². The fourth-order valence-electron chi connectivity index (χ4n) is 2.29. The normalized spacial score (nSPS) is 25.5. The Kier molecular flexibility index (Phi) is 5.20. The number of methoxy groups -OCH3 is 1. The number of carbonyl (C=O) groups excluding carboxylic acids is 2. The van der Waals surface area contributed by atoms with Gasteiger partial charge in [-0.1, -0.05) is 6.42 Å². The fourth-order valence-corrected chi connectivity index (χ4v) is 2.29. The van der Waals surface area contributed by atoms with Crippen molar-refractivity contribution in [3.63, 3.8) is 0 Å². The molecule has 0 aliphatic heterocycles. The summed E-state index contributed by atoms with van der Waals surface area (Å²) in [6, 6.07) is -0.844. The van der Waals surface area contributed by atoms with E-state index in [1.807, 2.05) is 0 Å². The van der Waals surface area contributed by atoms with Gasteiger partial charge in [-0.15, -0.1) is 0 Å². The Labute approximate surface area is 109 Å². The Morgan fingerprint density at radius 1 is 1.32 bits per heavy atom. The number of ether oxygens (including phenoxy) is 1. The number of hydrogen-bond acceptors (Lipinski definition) is 3. The van der Waals surface area contributed by atoms with Crippen molar-refractivity contribution in [1.29, 1.82) is 0 Å². The van der Waals surface area contributed by atoms with Crippen LogP contribution in [0.1, 0.15) is 32.6 Å². The van der Waals surface area contributed by atoms with Crippen molar-refractivity contribution in [3.8, 4) is 0 Å². The van der Waals surface area contributed by atoms with Crippen molar-refractivity contribution in [1.82, 2.24) is 5.32 Å². The Balaban J connectivity index is 2.55. The van der Waals surface area contributed by atoms with Crippen LogP contribution in [0.3, 0.4) is 0 Å². The SMILES string of the molecule is COC(=O)C(C)NC(=O)C1CCCC(C(F)(F)F)C1. The van der Waals surface area contributed by atoms with Gasteiger partial charge in [0.25, 0.3) is 0 Å². The number of nitrogens with one attached hydrogen (secondary N) is 1. The average Bonchev–Trinajstić information content (AvgIpc) is 2.36. The lowest BCUT2D eigenvalue weighted by atomic mass is 9.80. The third-order valence-electron chi connectivity index (χ3n) is 3.42. The molecule has 1 amide bonds. The van der Waals surface area contributed by atoms with Gasteiger partial charge in [-0.25, -0.2) is 4.79 Å². The van der Waals surface area contributed by atoms with Gasteiger partial charge in [-0.2, -0.15) is 13.2 Å². The maximum absolute atomic E-state index is 12.6. The van der Waals surface area contributed by atoms with Crippen LogP contribution < -0.4 is 5.32 Å². The first kappa shape index (κ1) is 15.8. The van der Waals surface area contributed by atoms with Gasteiger partial charge in [0.15, 0.2) is 0 Å². The summed E-state index contributed by atoms with van der Waals surface area (Å²) in [7, 11) is 1.19. The number of esters is 1. The molecule has 0 aromatic carbocycles. The topological polar surface area (TPSA) is 55.4 Å². The summed E-state index contributed by atoms with van der Waals surface area (Å²) < 4.78 is 42.3. The van der Waals surface area contributed by atoms with Crippen molar-refractivity contribution in [2.24, 2.45) is 11.8 Å². The quantitative estimate of drug-likeness (QED) is 0.805. The number of rotatable bonds is 3. The molecule has 7 heteroatoms. The molecule has 1 saturated carbocycles. The molecule has 0 heterocycles. The second kappa shape index (κ2) is 6.25. The maximum atomic E-state index is 12.6. The minimum absolute atomic E-state index is 0.0693. The monoisotopic (exact) mass is 281 g/mol. The number of amides is 1. The van der Waals surface area contributed by atoms with Crippen molar-refractivity contribution >= 4 is 11.9 Å². The van der Waals surface area contributed by atoms with E-state index in [2.05, 4.69) is 10.1 Å².